The lowest BCUT2D eigenvalue weighted by molar-refractivity contribution is 0.206. The Balaban J connectivity index is 2.08. The van der Waals surface area contributed by atoms with E-state index in [1.165, 1.54) is 18.9 Å². The predicted octanol–water partition coefficient (Wildman–Crippen LogP) is 0.706. The Bertz CT molecular complexity index is 68.7. The fraction of sp³-hybridized carbons (Fsp3) is 1.00. The van der Waals surface area contributed by atoms with Crippen LogP contribution in [0.4, 0.5) is 0 Å². The van der Waals surface area contributed by atoms with E-state index in [0.717, 1.165) is 12.8 Å². The first-order valence-corrected chi connectivity index (χ1v) is 5.64. The van der Waals surface area contributed by atoms with Gasteiger partial charge in [0, 0.05) is 13.7 Å². The maximum Gasteiger partial charge on any atom is 0.202 e. The Morgan fingerprint density at radius 1 is 1.56 bits per heavy atom. The summed E-state index contributed by atoms with van der Waals surface area (Å²) in [4.78, 5) is 0. The molecule has 9 heavy (non-hydrogen) atoms. The number of rotatable bonds is 2. The lowest BCUT2D eigenvalue weighted by atomic mass is 10.4. The van der Waals surface area contributed by atoms with E-state index in [4.69, 9.17) is 9.16 Å². The molecule has 1 aliphatic rings. The Kier molecular flexibility index (Phi) is 3.25. The molecular weight excluding hydrogens is 132 g/mol. The van der Waals surface area contributed by atoms with Crippen molar-refractivity contribution in [2.24, 2.45) is 0 Å². The van der Waals surface area contributed by atoms with Crippen molar-refractivity contribution in [1.82, 2.24) is 0 Å². The third kappa shape index (κ3) is 2.47. The van der Waals surface area contributed by atoms with E-state index in [9.17, 15) is 0 Å². The minimum Gasteiger partial charge on any atom is -0.418 e. The van der Waals surface area contributed by atoms with E-state index in [0.29, 0.717) is 0 Å². The molecular formula is C6H14O2Si. The molecule has 0 aromatic rings. The summed E-state index contributed by atoms with van der Waals surface area (Å²) in [5.41, 5.74) is 0. The molecule has 1 rings (SSSR count). The number of ether oxygens (including phenoxy) is 1. The third-order valence-electron chi connectivity index (χ3n) is 1.63. The second-order valence-electron chi connectivity index (χ2n) is 2.44. The van der Waals surface area contributed by atoms with Crippen molar-refractivity contribution in [2.75, 3.05) is 19.9 Å². The quantitative estimate of drug-likeness (QED) is 0.534. The molecule has 3 heteroatoms. The third-order valence-corrected chi connectivity index (χ3v) is 4.09. The largest absolute Gasteiger partial charge is 0.418 e. The van der Waals surface area contributed by atoms with Gasteiger partial charge in [0.25, 0.3) is 0 Å². The van der Waals surface area contributed by atoms with Crippen LogP contribution in [-0.4, -0.2) is 29.0 Å². The van der Waals surface area contributed by atoms with Crippen LogP contribution in [0.1, 0.15) is 12.8 Å². The van der Waals surface area contributed by atoms with Crippen molar-refractivity contribution in [2.45, 2.75) is 18.9 Å². The molecule has 1 unspecified atom stereocenters. The molecule has 0 amide bonds. The fourth-order valence-electron chi connectivity index (χ4n) is 1.12. The number of hydrogen-bond acceptors (Lipinski definition) is 2. The van der Waals surface area contributed by atoms with E-state index in [2.05, 4.69) is 0 Å². The van der Waals surface area contributed by atoms with E-state index in [1.807, 2.05) is 0 Å². The molecule has 2 nitrogen and oxygen atoms in total. The molecule has 0 bridgehead atoms. The molecule has 0 spiro atoms. The van der Waals surface area contributed by atoms with Gasteiger partial charge in [-0.25, -0.2) is 0 Å². The molecule has 1 fully saturated rings. The lowest BCUT2D eigenvalue weighted by Crippen LogP contribution is -2.28. The zero-order valence-electron chi connectivity index (χ0n) is 5.93. The first kappa shape index (κ1) is 7.25. The van der Waals surface area contributed by atoms with Crippen LogP contribution in [0.3, 0.4) is 0 Å². The van der Waals surface area contributed by atoms with Crippen LogP contribution >= 0.6 is 0 Å². The molecule has 0 N–H and O–H groups in total. The molecule has 0 aromatic carbocycles. The summed E-state index contributed by atoms with van der Waals surface area (Å²) in [7, 11) is 0.907. The maximum absolute atomic E-state index is 5.53. The van der Waals surface area contributed by atoms with Crippen LogP contribution in [0.5, 0.6) is 0 Å². The van der Waals surface area contributed by atoms with Crippen molar-refractivity contribution in [1.29, 1.82) is 0 Å². The second kappa shape index (κ2) is 4.03. The van der Waals surface area contributed by atoms with Gasteiger partial charge < -0.3 is 9.16 Å². The van der Waals surface area contributed by atoms with E-state index < -0.39 is 9.04 Å². The van der Waals surface area contributed by atoms with E-state index in [1.54, 1.807) is 7.11 Å². The molecule has 1 atom stereocenters. The van der Waals surface area contributed by atoms with Gasteiger partial charge in [-0.05, 0) is 12.5 Å². The molecule has 0 saturated carbocycles. The van der Waals surface area contributed by atoms with Gasteiger partial charge in [-0.1, -0.05) is 6.42 Å². The van der Waals surface area contributed by atoms with Crippen LogP contribution in [0, 0.1) is 0 Å². The van der Waals surface area contributed by atoms with Gasteiger partial charge in [-0.2, -0.15) is 0 Å². The molecule has 0 aliphatic carbocycles. The highest BCUT2D eigenvalue weighted by Crippen LogP contribution is 2.10. The van der Waals surface area contributed by atoms with Gasteiger partial charge in [-0.15, -0.1) is 0 Å². The van der Waals surface area contributed by atoms with Crippen LogP contribution < -0.4 is 0 Å². The van der Waals surface area contributed by atoms with Crippen LogP contribution in [0.2, 0.25) is 6.04 Å². The second-order valence-corrected chi connectivity index (χ2v) is 4.93. The molecule has 0 aromatic heterocycles. The highest BCUT2D eigenvalue weighted by Gasteiger charge is 2.14. The summed E-state index contributed by atoms with van der Waals surface area (Å²) in [6.45, 7) is 0.986. The van der Waals surface area contributed by atoms with Crippen LogP contribution in [-0.2, 0) is 9.16 Å². The van der Waals surface area contributed by atoms with Crippen molar-refractivity contribution in [3.05, 3.63) is 0 Å². The Hall–Kier alpha value is 0.137. The summed E-state index contributed by atoms with van der Waals surface area (Å²) < 4.78 is 10.6. The van der Waals surface area contributed by atoms with Gasteiger partial charge in [0.15, 0.2) is 0 Å². The molecule has 0 radical (unpaired) electrons. The fourth-order valence-corrected chi connectivity index (χ4v) is 3.17. The van der Waals surface area contributed by atoms with E-state index >= 15 is 0 Å². The molecule has 1 heterocycles. The SMILES string of the molecule is COC[SiH]1CCCCO1. The summed E-state index contributed by atoms with van der Waals surface area (Å²) in [6.07, 6.45) is 3.52. The summed E-state index contributed by atoms with van der Waals surface area (Å²) in [5.74, 6) is 0. The molecule has 54 valence electrons. The Labute approximate surface area is 57.9 Å². The Morgan fingerprint density at radius 2 is 2.44 bits per heavy atom. The maximum atomic E-state index is 5.53. The topological polar surface area (TPSA) is 18.5 Å². The minimum absolute atomic E-state index is 0.848. The van der Waals surface area contributed by atoms with Crippen LogP contribution in [0.25, 0.3) is 0 Å². The zero-order chi connectivity index (χ0) is 6.53. The van der Waals surface area contributed by atoms with Gasteiger partial charge >= 0.3 is 0 Å². The van der Waals surface area contributed by atoms with Crippen molar-refractivity contribution in [3.8, 4) is 0 Å². The van der Waals surface area contributed by atoms with Gasteiger partial charge in [-0.3, -0.25) is 0 Å². The van der Waals surface area contributed by atoms with Crippen molar-refractivity contribution >= 4 is 9.04 Å². The molecule has 1 saturated heterocycles. The van der Waals surface area contributed by atoms with E-state index in [-0.39, 0.29) is 0 Å². The summed E-state index contributed by atoms with van der Waals surface area (Å²) >= 11 is 0. The van der Waals surface area contributed by atoms with Gasteiger partial charge in [0.1, 0.15) is 0 Å². The van der Waals surface area contributed by atoms with Crippen molar-refractivity contribution in [3.63, 3.8) is 0 Å². The lowest BCUT2D eigenvalue weighted by Gasteiger charge is -2.19. The van der Waals surface area contributed by atoms with Gasteiger partial charge in [0.2, 0.25) is 9.04 Å². The van der Waals surface area contributed by atoms with Crippen molar-refractivity contribution < 1.29 is 9.16 Å². The summed E-state index contributed by atoms with van der Waals surface area (Å²) in [5, 5.41) is 0. The smallest absolute Gasteiger partial charge is 0.202 e. The predicted molar refractivity (Wildman–Crippen MR) is 39.0 cm³/mol. The zero-order valence-corrected chi connectivity index (χ0v) is 7.08. The normalized spacial score (nSPS) is 28.3. The first-order chi connectivity index (χ1) is 4.43. The number of hydrogen-bond donors (Lipinski definition) is 0. The monoisotopic (exact) mass is 146 g/mol. The standard InChI is InChI=1S/C6H14O2Si/c1-7-6-9-5-3-2-4-8-9/h9H,2-6H2,1H3. The minimum atomic E-state index is -0.848. The average Bonchev–Trinajstić information content (AvgIpc) is 1.91. The highest BCUT2D eigenvalue weighted by atomic mass is 28.3. The average molecular weight is 146 g/mol. The number of methoxy groups -OCH3 is 1. The van der Waals surface area contributed by atoms with Crippen LogP contribution in [0.15, 0.2) is 0 Å². The first-order valence-electron chi connectivity index (χ1n) is 3.54. The highest BCUT2D eigenvalue weighted by molar-refractivity contribution is 6.51. The Morgan fingerprint density at radius 3 is 3.00 bits per heavy atom. The summed E-state index contributed by atoms with van der Waals surface area (Å²) in [6, 6.07) is 1.31. The van der Waals surface area contributed by atoms with Gasteiger partial charge in [0.05, 0.1) is 6.23 Å². The molecule has 1 aliphatic heterocycles.